The zero-order chi connectivity index (χ0) is 14.4. The number of thiophene rings is 1. The largest absolute Gasteiger partial charge is 0.468 e. The molecule has 1 rings (SSSR count). The SMILES string of the molecule is COC(=O)CN(CC(=O)OC)C(=O)c1csc(I)c1. The zero-order valence-corrected chi connectivity index (χ0v) is 13.3. The van der Waals surface area contributed by atoms with E-state index < -0.39 is 17.8 Å². The molecule has 0 saturated heterocycles. The topological polar surface area (TPSA) is 72.9 Å². The molecule has 0 radical (unpaired) electrons. The van der Waals surface area contributed by atoms with Gasteiger partial charge in [-0.2, -0.15) is 0 Å². The van der Waals surface area contributed by atoms with E-state index in [0.29, 0.717) is 5.56 Å². The molecule has 1 aromatic rings. The maximum atomic E-state index is 12.2. The van der Waals surface area contributed by atoms with E-state index in [0.717, 1.165) is 7.78 Å². The van der Waals surface area contributed by atoms with Crippen molar-refractivity contribution in [2.45, 2.75) is 0 Å². The van der Waals surface area contributed by atoms with Crippen molar-refractivity contribution in [3.63, 3.8) is 0 Å². The Balaban J connectivity index is 2.85. The summed E-state index contributed by atoms with van der Waals surface area (Å²) in [6.07, 6.45) is 0. The van der Waals surface area contributed by atoms with Gasteiger partial charge in [0.1, 0.15) is 13.1 Å². The summed E-state index contributed by atoms with van der Waals surface area (Å²) < 4.78 is 9.95. The minimum atomic E-state index is -0.595. The third-order valence-corrected chi connectivity index (χ3v) is 3.99. The first-order valence-electron chi connectivity index (χ1n) is 5.15. The molecular weight excluding hydrogens is 385 g/mol. The van der Waals surface area contributed by atoms with Gasteiger partial charge in [-0.3, -0.25) is 14.4 Å². The number of amides is 1. The molecule has 8 heteroatoms. The molecular formula is C11H12INO5S. The number of halogens is 1. The normalized spacial score (nSPS) is 9.84. The molecule has 1 heterocycles. The van der Waals surface area contributed by atoms with E-state index in [1.165, 1.54) is 25.6 Å². The van der Waals surface area contributed by atoms with Crippen molar-refractivity contribution in [1.82, 2.24) is 4.90 Å². The Morgan fingerprint density at radius 3 is 2.11 bits per heavy atom. The molecule has 0 aliphatic rings. The molecule has 1 amide bonds. The van der Waals surface area contributed by atoms with E-state index in [1.54, 1.807) is 11.4 Å². The van der Waals surface area contributed by atoms with E-state index in [1.807, 2.05) is 0 Å². The van der Waals surface area contributed by atoms with Crippen LogP contribution < -0.4 is 0 Å². The number of rotatable bonds is 5. The van der Waals surface area contributed by atoms with E-state index in [9.17, 15) is 14.4 Å². The number of hydrogen-bond acceptors (Lipinski definition) is 6. The van der Waals surface area contributed by atoms with Crippen molar-refractivity contribution in [1.29, 1.82) is 0 Å². The minimum absolute atomic E-state index is 0.295. The highest BCUT2D eigenvalue weighted by Gasteiger charge is 2.23. The van der Waals surface area contributed by atoms with Crippen molar-refractivity contribution >= 4 is 51.8 Å². The van der Waals surface area contributed by atoms with Crippen molar-refractivity contribution < 1.29 is 23.9 Å². The summed E-state index contributed by atoms with van der Waals surface area (Å²) in [6.45, 7) is -0.590. The highest BCUT2D eigenvalue weighted by atomic mass is 127. The Kier molecular flexibility index (Phi) is 6.22. The Morgan fingerprint density at radius 1 is 1.21 bits per heavy atom. The average Bonchev–Trinajstić information content (AvgIpc) is 2.83. The number of ether oxygens (including phenoxy) is 2. The summed E-state index contributed by atoms with van der Waals surface area (Å²) in [4.78, 5) is 35.8. The van der Waals surface area contributed by atoms with Crippen LogP contribution in [0.25, 0.3) is 0 Å². The molecule has 19 heavy (non-hydrogen) atoms. The molecule has 0 N–H and O–H groups in total. The Morgan fingerprint density at radius 2 is 1.74 bits per heavy atom. The first-order valence-corrected chi connectivity index (χ1v) is 7.10. The van der Waals surface area contributed by atoms with Gasteiger partial charge in [0, 0.05) is 5.38 Å². The summed E-state index contributed by atoms with van der Waals surface area (Å²) in [5.41, 5.74) is 0.433. The van der Waals surface area contributed by atoms with E-state index in [-0.39, 0.29) is 13.1 Å². The molecule has 0 aromatic carbocycles. The zero-order valence-electron chi connectivity index (χ0n) is 10.3. The van der Waals surface area contributed by atoms with Crippen LogP contribution in [0.15, 0.2) is 11.4 Å². The summed E-state index contributed by atoms with van der Waals surface area (Å²) in [7, 11) is 2.44. The fourth-order valence-electron chi connectivity index (χ4n) is 1.25. The first-order chi connectivity index (χ1) is 8.97. The quantitative estimate of drug-likeness (QED) is 0.551. The molecule has 0 atom stereocenters. The lowest BCUT2D eigenvalue weighted by atomic mass is 10.3. The number of carbonyl (C=O) groups is 3. The van der Waals surface area contributed by atoms with Gasteiger partial charge in [-0.1, -0.05) is 0 Å². The van der Waals surface area contributed by atoms with E-state index >= 15 is 0 Å². The van der Waals surface area contributed by atoms with Crippen LogP contribution in [-0.4, -0.2) is 50.1 Å². The fourth-order valence-corrected chi connectivity index (χ4v) is 2.57. The number of esters is 2. The molecule has 0 saturated carbocycles. The lowest BCUT2D eigenvalue weighted by Gasteiger charge is -2.19. The second kappa shape index (κ2) is 7.43. The van der Waals surface area contributed by atoms with Gasteiger partial charge in [0.25, 0.3) is 5.91 Å². The van der Waals surface area contributed by atoms with Crippen molar-refractivity contribution in [3.05, 3.63) is 19.9 Å². The van der Waals surface area contributed by atoms with Crippen LogP contribution in [0.4, 0.5) is 0 Å². The molecule has 0 fully saturated rings. The molecule has 0 unspecified atom stereocenters. The third kappa shape index (κ3) is 4.78. The highest BCUT2D eigenvalue weighted by molar-refractivity contribution is 14.1. The number of nitrogens with zero attached hydrogens (tertiary/aromatic N) is 1. The van der Waals surface area contributed by atoms with Crippen LogP contribution in [0.1, 0.15) is 10.4 Å². The second-order valence-corrected chi connectivity index (χ2v) is 6.26. The van der Waals surface area contributed by atoms with Gasteiger partial charge in [0.05, 0.1) is 22.7 Å². The monoisotopic (exact) mass is 397 g/mol. The number of carbonyl (C=O) groups excluding carboxylic acids is 3. The van der Waals surface area contributed by atoms with Gasteiger partial charge in [-0.25, -0.2) is 0 Å². The third-order valence-electron chi connectivity index (χ3n) is 2.20. The highest BCUT2D eigenvalue weighted by Crippen LogP contribution is 2.18. The minimum Gasteiger partial charge on any atom is -0.468 e. The summed E-state index contributed by atoms with van der Waals surface area (Å²) in [6, 6.07) is 1.69. The van der Waals surface area contributed by atoms with Gasteiger partial charge in [0.2, 0.25) is 0 Å². The second-order valence-electron chi connectivity index (χ2n) is 3.45. The Labute approximate surface area is 127 Å². The van der Waals surface area contributed by atoms with E-state index in [4.69, 9.17) is 0 Å². The number of methoxy groups -OCH3 is 2. The molecule has 0 aliphatic heterocycles. The van der Waals surface area contributed by atoms with Gasteiger partial charge in [-0.05, 0) is 28.7 Å². The van der Waals surface area contributed by atoms with Crippen LogP contribution in [0.3, 0.4) is 0 Å². The standard InChI is InChI=1S/C11H12INO5S/c1-17-9(14)4-13(5-10(15)18-2)11(16)7-3-8(12)19-6-7/h3,6H,4-5H2,1-2H3. The molecule has 0 bridgehead atoms. The Bertz CT molecular complexity index is 469. The summed E-state index contributed by atoms with van der Waals surface area (Å²) in [5, 5.41) is 1.67. The van der Waals surface area contributed by atoms with Gasteiger partial charge in [0.15, 0.2) is 0 Å². The van der Waals surface area contributed by atoms with Crippen LogP contribution in [-0.2, 0) is 19.1 Å². The van der Waals surface area contributed by atoms with E-state index in [2.05, 4.69) is 32.1 Å². The van der Waals surface area contributed by atoms with Gasteiger partial charge < -0.3 is 14.4 Å². The maximum Gasteiger partial charge on any atom is 0.325 e. The average molecular weight is 397 g/mol. The summed E-state index contributed by atoms with van der Waals surface area (Å²) in [5.74, 6) is -1.60. The lowest BCUT2D eigenvalue weighted by Crippen LogP contribution is -2.40. The van der Waals surface area contributed by atoms with Gasteiger partial charge in [-0.15, -0.1) is 11.3 Å². The summed E-state index contributed by atoms with van der Waals surface area (Å²) >= 11 is 3.49. The smallest absolute Gasteiger partial charge is 0.325 e. The molecule has 1 aromatic heterocycles. The predicted octanol–water partition coefficient (Wildman–Crippen LogP) is 1.14. The van der Waals surface area contributed by atoms with Crippen LogP contribution in [0.2, 0.25) is 0 Å². The molecule has 0 aliphatic carbocycles. The van der Waals surface area contributed by atoms with Crippen LogP contribution in [0.5, 0.6) is 0 Å². The van der Waals surface area contributed by atoms with Crippen molar-refractivity contribution in [2.24, 2.45) is 0 Å². The van der Waals surface area contributed by atoms with Crippen LogP contribution in [0, 0.1) is 2.88 Å². The fraction of sp³-hybridized carbons (Fsp3) is 0.364. The van der Waals surface area contributed by atoms with Crippen molar-refractivity contribution in [2.75, 3.05) is 27.3 Å². The molecule has 6 nitrogen and oxygen atoms in total. The lowest BCUT2D eigenvalue weighted by molar-refractivity contribution is -0.144. The molecule has 0 spiro atoms. The first kappa shape index (κ1) is 15.9. The van der Waals surface area contributed by atoms with Crippen molar-refractivity contribution in [3.8, 4) is 0 Å². The number of hydrogen-bond donors (Lipinski definition) is 0. The Hall–Kier alpha value is -1.16. The molecule has 104 valence electrons. The predicted molar refractivity (Wildman–Crippen MR) is 77.0 cm³/mol. The van der Waals surface area contributed by atoms with Gasteiger partial charge >= 0.3 is 11.9 Å². The van der Waals surface area contributed by atoms with Crippen LogP contribution >= 0.6 is 33.9 Å². The maximum absolute atomic E-state index is 12.2.